The highest BCUT2D eigenvalue weighted by Gasteiger charge is 2.19. The van der Waals surface area contributed by atoms with E-state index in [-0.39, 0.29) is 35.9 Å². The Labute approximate surface area is 236 Å². The third-order valence-corrected chi connectivity index (χ3v) is 5.78. The maximum absolute atomic E-state index is 12.8. The second kappa shape index (κ2) is 14.4. The maximum Gasteiger partial charge on any atom is 0.343 e. The number of hydrogen-bond acceptors (Lipinski definition) is 9. The lowest BCUT2D eigenvalue weighted by atomic mass is 10.1. The number of hydrogen-bond donors (Lipinski definition) is 2. The molecule has 0 aromatic heterocycles. The fourth-order valence-electron chi connectivity index (χ4n) is 3.47. The molecule has 12 heteroatoms. The van der Waals surface area contributed by atoms with Crippen molar-refractivity contribution in [3.8, 4) is 28.7 Å². The summed E-state index contributed by atoms with van der Waals surface area (Å²) >= 11 is 6.00. The molecule has 0 atom stereocenters. The molecule has 3 aromatic rings. The summed E-state index contributed by atoms with van der Waals surface area (Å²) in [5.41, 5.74) is 3.45. The lowest BCUT2D eigenvalue weighted by molar-refractivity contribution is -0.120. The van der Waals surface area contributed by atoms with E-state index in [9.17, 15) is 14.4 Å². The van der Waals surface area contributed by atoms with Crippen LogP contribution in [0.2, 0.25) is 5.02 Å². The Morgan fingerprint density at radius 3 is 2.15 bits per heavy atom. The summed E-state index contributed by atoms with van der Waals surface area (Å²) < 4.78 is 26.7. The minimum atomic E-state index is -0.673. The van der Waals surface area contributed by atoms with Crippen molar-refractivity contribution < 1.29 is 38.1 Å². The molecule has 2 N–H and O–H groups in total. The predicted molar refractivity (Wildman–Crippen MR) is 148 cm³/mol. The molecule has 0 heterocycles. The first-order valence-electron chi connectivity index (χ1n) is 11.9. The third-order valence-electron chi connectivity index (χ3n) is 5.45. The smallest absolute Gasteiger partial charge is 0.343 e. The van der Waals surface area contributed by atoms with Crippen molar-refractivity contribution in [2.45, 2.75) is 6.42 Å². The van der Waals surface area contributed by atoms with Gasteiger partial charge >= 0.3 is 5.97 Å². The molecule has 0 spiro atoms. The molecule has 11 nitrogen and oxygen atoms in total. The fourth-order valence-corrected chi connectivity index (χ4v) is 3.69. The molecular weight excluding hydrogens is 542 g/mol. The van der Waals surface area contributed by atoms with Gasteiger partial charge in [-0.05, 0) is 48.0 Å². The summed E-state index contributed by atoms with van der Waals surface area (Å²) in [5.74, 6) is -0.0760. The summed E-state index contributed by atoms with van der Waals surface area (Å²) in [6.07, 6.45) is 1.40. The van der Waals surface area contributed by atoms with E-state index in [4.69, 9.17) is 35.3 Å². The highest BCUT2D eigenvalue weighted by molar-refractivity contribution is 6.33. The molecule has 3 rings (SSSR count). The van der Waals surface area contributed by atoms with Gasteiger partial charge in [0.05, 0.1) is 50.8 Å². The normalized spacial score (nSPS) is 10.5. The van der Waals surface area contributed by atoms with E-state index in [1.165, 1.54) is 52.9 Å². The van der Waals surface area contributed by atoms with Crippen LogP contribution in [-0.4, -0.2) is 59.0 Å². The molecule has 0 aliphatic carbocycles. The van der Waals surface area contributed by atoms with Crippen molar-refractivity contribution in [2.24, 2.45) is 5.10 Å². The number of benzene rings is 3. The Kier molecular flexibility index (Phi) is 10.7. The molecule has 2 amide bonds. The molecule has 0 fully saturated rings. The Morgan fingerprint density at radius 1 is 0.850 bits per heavy atom. The number of halogens is 1. The number of carbonyl (C=O) groups excluding carboxylic acids is 3. The number of carbonyl (C=O) groups is 3. The van der Waals surface area contributed by atoms with Gasteiger partial charge in [0.25, 0.3) is 5.91 Å². The summed E-state index contributed by atoms with van der Waals surface area (Å²) in [7, 11) is 5.77. The molecule has 0 saturated carbocycles. The molecular formula is C28H28ClN3O8. The minimum absolute atomic E-state index is 0.00662. The molecule has 40 heavy (non-hydrogen) atoms. The van der Waals surface area contributed by atoms with Gasteiger partial charge in [-0.25, -0.2) is 10.2 Å². The lowest BCUT2D eigenvalue weighted by Crippen LogP contribution is -2.29. The predicted octanol–water partition coefficient (Wildman–Crippen LogP) is 3.86. The van der Waals surface area contributed by atoms with Crippen LogP contribution in [0.3, 0.4) is 0 Å². The van der Waals surface area contributed by atoms with Crippen LogP contribution in [0.4, 0.5) is 0 Å². The Morgan fingerprint density at radius 2 is 1.52 bits per heavy atom. The zero-order valence-electron chi connectivity index (χ0n) is 22.3. The van der Waals surface area contributed by atoms with Crippen molar-refractivity contribution >= 4 is 35.6 Å². The van der Waals surface area contributed by atoms with Gasteiger partial charge in [-0.15, -0.1) is 0 Å². The van der Waals surface area contributed by atoms with Crippen LogP contribution in [0, 0.1) is 0 Å². The van der Waals surface area contributed by atoms with Crippen LogP contribution in [0.25, 0.3) is 0 Å². The number of nitrogens with zero attached hydrogens (tertiary/aromatic N) is 1. The zero-order chi connectivity index (χ0) is 29.1. The quantitative estimate of drug-likeness (QED) is 0.145. The van der Waals surface area contributed by atoms with Crippen molar-refractivity contribution in [2.75, 3.05) is 35.0 Å². The molecule has 0 saturated heterocycles. The number of esters is 1. The average Bonchev–Trinajstić information content (AvgIpc) is 2.96. The van der Waals surface area contributed by atoms with E-state index in [0.717, 1.165) is 0 Å². The van der Waals surface area contributed by atoms with Crippen molar-refractivity contribution in [1.82, 2.24) is 10.7 Å². The van der Waals surface area contributed by atoms with Gasteiger partial charge in [0.15, 0.2) is 23.0 Å². The van der Waals surface area contributed by atoms with Crippen molar-refractivity contribution in [3.05, 3.63) is 76.3 Å². The Hall–Kier alpha value is -4.77. The highest BCUT2D eigenvalue weighted by atomic mass is 35.5. The van der Waals surface area contributed by atoms with E-state index in [1.54, 1.807) is 36.4 Å². The molecule has 0 aliphatic rings. The largest absolute Gasteiger partial charge is 0.493 e. The number of hydrazone groups is 1. The maximum atomic E-state index is 12.8. The van der Waals surface area contributed by atoms with E-state index >= 15 is 0 Å². The van der Waals surface area contributed by atoms with Gasteiger partial charge in [-0.1, -0.05) is 23.7 Å². The van der Waals surface area contributed by atoms with Crippen molar-refractivity contribution in [3.63, 3.8) is 0 Å². The van der Waals surface area contributed by atoms with Gasteiger partial charge in [-0.2, -0.15) is 5.10 Å². The van der Waals surface area contributed by atoms with Gasteiger partial charge in [0, 0.05) is 13.0 Å². The second-order valence-corrected chi connectivity index (χ2v) is 8.40. The van der Waals surface area contributed by atoms with Gasteiger partial charge < -0.3 is 29.0 Å². The number of nitrogens with one attached hydrogen (secondary N) is 2. The lowest BCUT2D eigenvalue weighted by Gasteiger charge is -2.14. The second-order valence-electron chi connectivity index (χ2n) is 7.99. The van der Waals surface area contributed by atoms with Crippen LogP contribution in [-0.2, 0) is 4.79 Å². The van der Waals surface area contributed by atoms with Crippen LogP contribution >= 0.6 is 11.6 Å². The van der Waals surface area contributed by atoms with Crippen LogP contribution in [0.15, 0.2) is 59.7 Å². The van der Waals surface area contributed by atoms with E-state index in [2.05, 4.69) is 15.8 Å². The van der Waals surface area contributed by atoms with Gasteiger partial charge in [-0.3, -0.25) is 9.59 Å². The number of rotatable bonds is 12. The Bertz CT molecular complexity index is 1390. The molecule has 210 valence electrons. The molecule has 0 bridgehead atoms. The van der Waals surface area contributed by atoms with Crippen LogP contribution in [0.5, 0.6) is 28.7 Å². The first-order valence-corrected chi connectivity index (χ1v) is 12.2. The highest BCUT2D eigenvalue weighted by Crippen LogP contribution is 2.38. The molecule has 0 aliphatic heterocycles. The number of amides is 2. The SMILES string of the molecule is COc1cc(C=NNC(=O)CCNC(=O)c2ccccc2Cl)ccc1OC(=O)c1cc(OC)c(OC)c(OC)c1. The van der Waals surface area contributed by atoms with Crippen LogP contribution < -0.4 is 34.4 Å². The average molecular weight is 570 g/mol. The summed E-state index contributed by atoms with van der Waals surface area (Å²) in [4.78, 5) is 37.1. The van der Waals surface area contributed by atoms with Gasteiger partial charge in [0.2, 0.25) is 11.7 Å². The summed E-state index contributed by atoms with van der Waals surface area (Å²) in [5, 5.41) is 6.88. The number of methoxy groups -OCH3 is 4. The Balaban J connectivity index is 1.57. The third kappa shape index (κ3) is 7.64. The van der Waals surface area contributed by atoms with Crippen LogP contribution in [0.1, 0.15) is 32.7 Å². The monoisotopic (exact) mass is 569 g/mol. The standard InChI is InChI=1S/C28H28ClN3O8/c1-36-22-13-17(16-31-32-25(33)11-12-30-27(34)19-7-5-6-8-20(19)29)9-10-21(22)40-28(35)18-14-23(37-2)26(39-4)24(15-18)38-3/h5-10,13-16H,11-12H2,1-4H3,(H,30,34)(H,32,33). The van der Waals surface area contributed by atoms with E-state index in [0.29, 0.717) is 33.4 Å². The number of ether oxygens (including phenoxy) is 5. The molecule has 3 aromatic carbocycles. The summed E-state index contributed by atoms with van der Waals surface area (Å²) in [6, 6.07) is 14.3. The zero-order valence-corrected chi connectivity index (χ0v) is 23.0. The topological polar surface area (TPSA) is 134 Å². The molecule has 0 unspecified atom stereocenters. The van der Waals surface area contributed by atoms with Gasteiger partial charge in [0.1, 0.15) is 0 Å². The molecule has 0 radical (unpaired) electrons. The van der Waals surface area contributed by atoms with E-state index < -0.39 is 11.9 Å². The first-order chi connectivity index (χ1) is 19.3. The van der Waals surface area contributed by atoms with Crippen molar-refractivity contribution in [1.29, 1.82) is 0 Å². The first kappa shape index (κ1) is 29.8. The summed E-state index contributed by atoms with van der Waals surface area (Å²) in [6.45, 7) is 0.102. The fraction of sp³-hybridized carbons (Fsp3) is 0.214. The van der Waals surface area contributed by atoms with E-state index in [1.807, 2.05) is 0 Å². The minimum Gasteiger partial charge on any atom is -0.493 e.